The molecule has 0 fully saturated rings. The van der Waals surface area contributed by atoms with Crippen LogP contribution in [0.15, 0.2) is 30.3 Å². The number of rotatable bonds is 3. The normalized spacial score (nSPS) is 12.6. The summed E-state index contributed by atoms with van der Waals surface area (Å²) in [5, 5.41) is 1.31. The summed E-state index contributed by atoms with van der Waals surface area (Å²) >= 11 is 0. The summed E-state index contributed by atoms with van der Waals surface area (Å²) < 4.78 is 0. The standard InChI is InChI=1S/C12H18N2O/c1-9(2)10(3)14(13)12(15)11-7-5-4-6-8-11/h4-10H,13H2,1-3H3. The number of benzene rings is 1. The quantitative estimate of drug-likeness (QED) is 0.467. The molecule has 0 aliphatic heterocycles. The van der Waals surface area contributed by atoms with Crippen LogP contribution in [0, 0.1) is 5.92 Å². The molecule has 3 heteroatoms. The third-order valence-corrected chi connectivity index (χ3v) is 2.66. The molecule has 0 aliphatic rings. The van der Waals surface area contributed by atoms with Crippen LogP contribution in [0.25, 0.3) is 0 Å². The Morgan fingerprint density at radius 1 is 1.20 bits per heavy atom. The molecule has 1 amide bonds. The number of nitrogens with zero attached hydrogens (tertiary/aromatic N) is 1. The summed E-state index contributed by atoms with van der Waals surface area (Å²) in [6.45, 7) is 6.04. The summed E-state index contributed by atoms with van der Waals surface area (Å²) in [6.07, 6.45) is 0. The summed E-state index contributed by atoms with van der Waals surface area (Å²) in [7, 11) is 0. The minimum Gasteiger partial charge on any atom is -0.274 e. The van der Waals surface area contributed by atoms with E-state index in [1.807, 2.05) is 39.0 Å². The second-order valence-electron chi connectivity index (χ2n) is 4.06. The van der Waals surface area contributed by atoms with E-state index in [1.165, 1.54) is 5.01 Å². The van der Waals surface area contributed by atoms with E-state index in [-0.39, 0.29) is 11.9 Å². The fourth-order valence-corrected chi connectivity index (χ4v) is 1.24. The van der Waals surface area contributed by atoms with Crippen LogP contribution in [-0.2, 0) is 0 Å². The van der Waals surface area contributed by atoms with Gasteiger partial charge in [-0.25, -0.2) is 5.84 Å². The monoisotopic (exact) mass is 206 g/mol. The summed E-state index contributed by atoms with van der Waals surface area (Å²) in [6, 6.07) is 9.13. The molecule has 0 saturated heterocycles. The van der Waals surface area contributed by atoms with Crippen LogP contribution in [0.5, 0.6) is 0 Å². The molecular formula is C12H18N2O. The van der Waals surface area contributed by atoms with Gasteiger partial charge in [0.2, 0.25) is 0 Å². The molecule has 1 rings (SSSR count). The highest BCUT2D eigenvalue weighted by atomic mass is 16.2. The topological polar surface area (TPSA) is 46.3 Å². The highest BCUT2D eigenvalue weighted by Crippen LogP contribution is 2.10. The summed E-state index contributed by atoms with van der Waals surface area (Å²) in [5.41, 5.74) is 0.632. The second kappa shape index (κ2) is 4.94. The van der Waals surface area contributed by atoms with E-state index in [0.717, 1.165) is 0 Å². The van der Waals surface area contributed by atoms with Gasteiger partial charge in [0.15, 0.2) is 0 Å². The molecule has 2 N–H and O–H groups in total. The number of carbonyl (C=O) groups is 1. The molecule has 1 aromatic carbocycles. The van der Waals surface area contributed by atoms with Gasteiger partial charge in [-0.15, -0.1) is 0 Å². The molecule has 0 bridgehead atoms. The first-order chi connectivity index (χ1) is 7.04. The number of nitrogens with two attached hydrogens (primary N) is 1. The van der Waals surface area contributed by atoms with E-state index in [4.69, 9.17) is 5.84 Å². The molecule has 82 valence electrons. The van der Waals surface area contributed by atoms with Crippen molar-refractivity contribution < 1.29 is 4.79 Å². The number of hydrogen-bond donors (Lipinski definition) is 1. The molecule has 3 nitrogen and oxygen atoms in total. The van der Waals surface area contributed by atoms with Crippen molar-refractivity contribution in [3.8, 4) is 0 Å². The Bertz CT molecular complexity index is 322. The first kappa shape index (κ1) is 11.7. The van der Waals surface area contributed by atoms with E-state index in [9.17, 15) is 4.79 Å². The van der Waals surface area contributed by atoms with Crippen molar-refractivity contribution in [2.24, 2.45) is 11.8 Å². The predicted octanol–water partition coefficient (Wildman–Crippen LogP) is 2.05. The predicted molar refractivity (Wildman–Crippen MR) is 61.1 cm³/mol. The van der Waals surface area contributed by atoms with Crippen molar-refractivity contribution >= 4 is 5.91 Å². The Hall–Kier alpha value is -1.35. The lowest BCUT2D eigenvalue weighted by Gasteiger charge is -2.27. The zero-order chi connectivity index (χ0) is 11.4. The first-order valence-corrected chi connectivity index (χ1v) is 5.17. The van der Waals surface area contributed by atoms with E-state index in [1.54, 1.807) is 12.1 Å². The molecule has 0 aliphatic carbocycles. The second-order valence-corrected chi connectivity index (χ2v) is 4.06. The largest absolute Gasteiger partial charge is 0.274 e. The Morgan fingerprint density at radius 2 is 1.73 bits per heavy atom. The van der Waals surface area contributed by atoms with E-state index < -0.39 is 0 Å². The number of carbonyl (C=O) groups excluding carboxylic acids is 1. The average molecular weight is 206 g/mol. The number of amides is 1. The summed E-state index contributed by atoms with van der Waals surface area (Å²) in [4.78, 5) is 11.9. The average Bonchev–Trinajstić information content (AvgIpc) is 2.27. The third-order valence-electron chi connectivity index (χ3n) is 2.66. The van der Waals surface area contributed by atoms with Crippen LogP contribution in [-0.4, -0.2) is 17.0 Å². The maximum absolute atomic E-state index is 11.9. The molecule has 0 aromatic heterocycles. The molecule has 0 saturated carbocycles. The maximum Gasteiger partial charge on any atom is 0.268 e. The minimum atomic E-state index is -0.128. The molecule has 1 aromatic rings. The molecule has 1 unspecified atom stereocenters. The van der Waals surface area contributed by atoms with Gasteiger partial charge < -0.3 is 0 Å². The molecular weight excluding hydrogens is 188 g/mol. The SMILES string of the molecule is CC(C)C(C)N(N)C(=O)c1ccccc1. The van der Waals surface area contributed by atoms with Crippen LogP contribution >= 0.6 is 0 Å². The Morgan fingerprint density at radius 3 is 2.20 bits per heavy atom. The number of hydrogen-bond acceptors (Lipinski definition) is 2. The third kappa shape index (κ3) is 2.80. The molecule has 0 heterocycles. The van der Waals surface area contributed by atoms with Crippen molar-refractivity contribution in [1.29, 1.82) is 0 Å². The Labute approximate surface area is 90.9 Å². The van der Waals surface area contributed by atoms with Crippen LogP contribution < -0.4 is 5.84 Å². The highest BCUT2D eigenvalue weighted by molar-refractivity contribution is 5.93. The van der Waals surface area contributed by atoms with Gasteiger partial charge in [-0.3, -0.25) is 9.80 Å². The molecule has 15 heavy (non-hydrogen) atoms. The Kier molecular flexibility index (Phi) is 3.86. The van der Waals surface area contributed by atoms with Gasteiger partial charge >= 0.3 is 0 Å². The van der Waals surface area contributed by atoms with Crippen molar-refractivity contribution in [1.82, 2.24) is 5.01 Å². The van der Waals surface area contributed by atoms with Crippen LogP contribution in [0.2, 0.25) is 0 Å². The fourth-order valence-electron chi connectivity index (χ4n) is 1.24. The zero-order valence-electron chi connectivity index (χ0n) is 9.47. The Balaban J connectivity index is 2.78. The first-order valence-electron chi connectivity index (χ1n) is 5.17. The van der Waals surface area contributed by atoms with Crippen LogP contribution in [0.4, 0.5) is 0 Å². The molecule has 0 radical (unpaired) electrons. The van der Waals surface area contributed by atoms with Crippen molar-refractivity contribution in [3.05, 3.63) is 35.9 Å². The lowest BCUT2D eigenvalue weighted by atomic mass is 10.1. The maximum atomic E-state index is 11.9. The lowest BCUT2D eigenvalue weighted by molar-refractivity contribution is 0.0647. The zero-order valence-corrected chi connectivity index (χ0v) is 9.47. The molecule has 1 atom stereocenters. The van der Waals surface area contributed by atoms with Crippen molar-refractivity contribution in [3.63, 3.8) is 0 Å². The van der Waals surface area contributed by atoms with E-state index >= 15 is 0 Å². The van der Waals surface area contributed by atoms with Gasteiger partial charge in [0.1, 0.15) is 0 Å². The van der Waals surface area contributed by atoms with Gasteiger partial charge in [0, 0.05) is 11.6 Å². The minimum absolute atomic E-state index is 0.0395. The van der Waals surface area contributed by atoms with Crippen molar-refractivity contribution in [2.45, 2.75) is 26.8 Å². The summed E-state index contributed by atoms with van der Waals surface area (Å²) in [5.74, 6) is 6.00. The molecule has 0 spiro atoms. The van der Waals surface area contributed by atoms with Gasteiger partial charge in [-0.2, -0.15) is 0 Å². The van der Waals surface area contributed by atoms with E-state index in [0.29, 0.717) is 11.5 Å². The lowest BCUT2D eigenvalue weighted by Crippen LogP contribution is -2.46. The van der Waals surface area contributed by atoms with Gasteiger partial charge in [0.25, 0.3) is 5.91 Å². The van der Waals surface area contributed by atoms with E-state index in [2.05, 4.69) is 0 Å². The smallest absolute Gasteiger partial charge is 0.268 e. The van der Waals surface area contributed by atoms with Gasteiger partial charge in [-0.05, 0) is 25.0 Å². The highest BCUT2D eigenvalue weighted by Gasteiger charge is 2.20. The van der Waals surface area contributed by atoms with Crippen LogP contribution in [0.1, 0.15) is 31.1 Å². The van der Waals surface area contributed by atoms with Gasteiger partial charge in [-0.1, -0.05) is 32.0 Å². The van der Waals surface area contributed by atoms with Crippen molar-refractivity contribution in [2.75, 3.05) is 0 Å². The fraction of sp³-hybridized carbons (Fsp3) is 0.417. The number of hydrazine groups is 1. The van der Waals surface area contributed by atoms with Crippen LogP contribution in [0.3, 0.4) is 0 Å². The van der Waals surface area contributed by atoms with Gasteiger partial charge in [0.05, 0.1) is 0 Å².